The van der Waals surface area contributed by atoms with E-state index in [-0.39, 0.29) is 17.8 Å². The fraction of sp³-hybridized carbons (Fsp3) is 0.778. The Balaban J connectivity index is 2.26. The van der Waals surface area contributed by atoms with Gasteiger partial charge in [-0.25, -0.2) is 0 Å². The molecule has 0 heterocycles. The van der Waals surface area contributed by atoms with Crippen molar-refractivity contribution in [1.82, 2.24) is 0 Å². The fourth-order valence-electron chi connectivity index (χ4n) is 2.94. The molecule has 14 heavy (non-hydrogen) atoms. The Labute approximate surface area is 80.9 Å². The van der Waals surface area contributed by atoms with E-state index in [1.54, 1.807) is 6.92 Å². The van der Waals surface area contributed by atoms with Gasteiger partial charge in [0.25, 0.3) is 0 Å². The van der Waals surface area contributed by atoms with E-state index < -0.39 is 23.4 Å². The summed E-state index contributed by atoms with van der Waals surface area (Å²) in [6.45, 7) is 1.78. The molecule has 5 heteroatoms. The summed E-state index contributed by atoms with van der Waals surface area (Å²) >= 11 is 0. The highest BCUT2D eigenvalue weighted by Crippen LogP contribution is 2.63. The van der Waals surface area contributed by atoms with Crippen LogP contribution in [0.25, 0.3) is 0 Å². The Kier molecular flexibility index (Phi) is 1.67. The topological polar surface area (TPSA) is 101 Å². The van der Waals surface area contributed by atoms with Crippen LogP contribution < -0.4 is 5.73 Å². The van der Waals surface area contributed by atoms with Crippen LogP contribution in [0.15, 0.2) is 0 Å². The van der Waals surface area contributed by atoms with Crippen molar-refractivity contribution in [3.05, 3.63) is 0 Å². The summed E-state index contributed by atoms with van der Waals surface area (Å²) < 4.78 is 0. The van der Waals surface area contributed by atoms with E-state index in [2.05, 4.69) is 0 Å². The summed E-state index contributed by atoms with van der Waals surface area (Å²) in [7, 11) is 0. The van der Waals surface area contributed by atoms with Gasteiger partial charge in [-0.15, -0.1) is 0 Å². The lowest BCUT2D eigenvalue weighted by Gasteiger charge is -2.27. The third-order valence-corrected chi connectivity index (χ3v) is 3.82. The third-order valence-electron chi connectivity index (χ3n) is 3.82. The summed E-state index contributed by atoms with van der Waals surface area (Å²) in [5, 5.41) is 17.8. The third kappa shape index (κ3) is 0.877. The molecule has 0 aliphatic heterocycles. The quantitative estimate of drug-likeness (QED) is 0.569. The number of hydrogen-bond acceptors (Lipinski definition) is 3. The highest BCUT2D eigenvalue weighted by molar-refractivity contribution is 5.85. The van der Waals surface area contributed by atoms with Gasteiger partial charge in [-0.3, -0.25) is 9.59 Å². The van der Waals surface area contributed by atoms with Crippen molar-refractivity contribution >= 4 is 11.9 Å². The summed E-state index contributed by atoms with van der Waals surface area (Å²) in [6.07, 6.45) is 0.616. The average Bonchev–Trinajstić information content (AvgIpc) is 2.70. The second-order valence-electron chi connectivity index (χ2n) is 4.43. The zero-order chi connectivity index (χ0) is 10.7. The maximum Gasteiger partial charge on any atom is 0.324 e. The first-order valence-electron chi connectivity index (χ1n) is 4.65. The molecule has 0 aromatic rings. The molecular weight excluding hydrogens is 186 g/mol. The predicted octanol–water partition coefficient (Wildman–Crippen LogP) is -0.245. The minimum atomic E-state index is -1.33. The van der Waals surface area contributed by atoms with E-state index in [1.165, 1.54) is 0 Å². The van der Waals surface area contributed by atoms with Crippen molar-refractivity contribution in [3.8, 4) is 0 Å². The van der Waals surface area contributed by atoms with E-state index in [9.17, 15) is 9.59 Å². The van der Waals surface area contributed by atoms with Crippen molar-refractivity contribution in [1.29, 1.82) is 0 Å². The number of carboxylic acids is 2. The average molecular weight is 199 g/mol. The second kappa shape index (κ2) is 2.48. The fourth-order valence-corrected chi connectivity index (χ4v) is 2.94. The number of carboxylic acid groups (broad SMARTS) is 2. The molecule has 2 saturated carbocycles. The lowest BCUT2D eigenvalue weighted by Crippen LogP contribution is -2.54. The molecule has 0 bridgehead atoms. The molecule has 4 N–H and O–H groups in total. The van der Waals surface area contributed by atoms with Gasteiger partial charge in [0.1, 0.15) is 5.54 Å². The van der Waals surface area contributed by atoms with Crippen molar-refractivity contribution in [2.75, 3.05) is 0 Å². The number of fused-ring (bicyclic) bond motifs is 1. The molecule has 2 aliphatic rings. The van der Waals surface area contributed by atoms with Gasteiger partial charge in [-0.2, -0.15) is 0 Å². The van der Waals surface area contributed by atoms with Gasteiger partial charge in [0.2, 0.25) is 0 Å². The highest BCUT2D eigenvalue weighted by atomic mass is 16.4. The smallest absolute Gasteiger partial charge is 0.324 e. The standard InChI is InChI=1S/C9H13NO4/c1-3-2-4-5(7(11)12)6(4)9(3,10)8(13)14/h3-6H,2,10H2,1H3,(H,11,12)(H,13,14)/t3?,4?,5?,6?,9-/m0/s1. The molecule has 2 rings (SSSR count). The van der Waals surface area contributed by atoms with Gasteiger partial charge in [0.05, 0.1) is 5.92 Å². The lowest BCUT2D eigenvalue weighted by atomic mass is 9.83. The molecule has 0 spiro atoms. The molecule has 0 saturated heterocycles. The first-order chi connectivity index (χ1) is 6.40. The van der Waals surface area contributed by atoms with E-state index in [4.69, 9.17) is 15.9 Å². The molecule has 5 nitrogen and oxygen atoms in total. The number of nitrogens with two attached hydrogens (primary N) is 1. The van der Waals surface area contributed by atoms with Crippen LogP contribution in [0.5, 0.6) is 0 Å². The number of carbonyl (C=O) groups is 2. The van der Waals surface area contributed by atoms with Crippen LogP contribution in [0, 0.1) is 23.7 Å². The van der Waals surface area contributed by atoms with E-state index in [1.807, 2.05) is 0 Å². The normalized spacial score (nSPS) is 49.9. The van der Waals surface area contributed by atoms with Crippen molar-refractivity contribution in [3.63, 3.8) is 0 Å². The van der Waals surface area contributed by atoms with Crippen molar-refractivity contribution < 1.29 is 19.8 Å². The summed E-state index contributed by atoms with van der Waals surface area (Å²) in [4.78, 5) is 21.8. The van der Waals surface area contributed by atoms with Crippen molar-refractivity contribution in [2.45, 2.75) is 18.9 Å². The minimum Gasteiger partial charge on any atom is -0.481 e. The van der Waals surface area contributed by atoms with Crippen LogP contribution in [0.4, 0.5) is 0 Å². The second-order valence-corrected chi connectivity index (χ2v) is 4.43. The maximum absolute atomic E-state index is 11.0. The van der Waals surface area contributed by atoms with Crippen LogP contribution in [0.3, 0.4) is 0 Å². The Morgan fingerprint density at radius 3 is 2.43 bits per heavy atom. The SMILES string of the molecule is CC1CC2C(C(=O)O)C2[C@]1(N)C(=O)O. The summed E-state index contributed by atoms with van der Waals surface area (Å²) in [5.74, 6) is -3.04. The minimum absolute atomic E-state index is 0.0244. The molecule has 0 aromatic heterocycles. The molecule has 2 fully saturated rings. The van der Waals surface area contributed by atoms with Gasteiger partial charge >= 0.3 is 11.9 Å². The van der Waals surface area contributed by atoms with E-state index >= 15 is 0 Å². The van der Waals surface area contributed by atoms with Gasteiger partial charge < -0.3 is 15.9 Å². The molecule has 0 aromatic carbocycles. The van der Waals surface area contributed by atoms with E-state index in [0.717, 1.165) is 0 Å². The van der Waals surface area contributed by atoms with Crippen LogP contribution in [-0.4, -0.2) is 27.7 Å². The summed E-state index contributed by atoms with van der Waals surface area (Å²) in [6, 6.07) is 0. The van der Waals surface area contributed by atoms with E-state index in [0.29, 0.717) is 6.42 Å². The van der Waals surface area contributed by atoms with Crippen molar-refractivity contribution in [2.24, 2.45) is 29.4 Å². The van der Waals surface area contributed by atoms with Gasteiger partial charge in [-0.1, -0.05) is 6.92 Å². The maximum atomic E-state index is 11.0. The van der Waals surface area contributed by atoms with Crippen LogP contribution in [-0.2, 0) is 9.59 Å². The number of rotatable bonds is 2. The van der Waals surface area contributed by atoms with Gasteiger partial charge in [0.15, 0.2) is 0 Å². The Bertz CT molecular complexity index is 316. The first-order valence-corrected chi connectivity index (χ1v) is 4.65. The lowest BCUT2D eigenvalue weighted by molar-refractivity contribution is -0.147. The molecule has 5 atom stereocenters. The molecule has 78 valence electrons. The van der Waals surface area contributed by atoms with Gasteiger partial charge in [0, 0.05) is 5.92 Å². The first kappa shape index (κ1) is 9.45. The largest absolute Gasteiger partial charge is 0.481 e. The zero-order valence-corrected chi connectivity index (χ0v) is 7.80. The predicted molar refractivity (Wildman–Crippen MR) is 46.4 cm³/mol. The van der Waals surface area contributed by atoms with Crippen LogP contribution in [0.2, 0.25) is 0 Å². The summed E-state index contributed by atoms with van der Waals surface area (Å²) in [5.41, 5.74) is 4.47. The monoisotopic (exact) mass is 199 g/mol. The van der Waals surface area contributed by atoms with Gasteiger partial charge in [-0.05, 0) is 18.3 Å². The molecule has 4 unspecified atom stereocenters. The van der Waals surface area contributed by atoms with Crippen LogP contribution in [0.1, 0.15) is 13.3 Å². The van der Waals surface area contributed by atoms with Crippen LogP contribution >= 0.6 is 0 Å². The molecule has 0 amide bonds. The Morgan fingerprint density at radius 2 is 2.00 bits per heavy atom. The molecular formula is C9H13NO4. The number of aliphatic carboxylic acids is 2. The highest BCUT2D eigenvalue weighted by Gasteiger charge is 2.72. The Morgan fingerprint density at radius 1 is 1.43 bits per heavy atom. The number of hydrogen-bond donors (Lipinski definition) is 3. The molecule has 2 aliphatic carbocycles. The zero-order valence-electron chi connectivity index (χ0n) is 7.80. The molecule has 0 radical (unpaired) electrons. The Hall–Kier alpha value is -1.10.